The number of piperazine rings is 1. The highest BCUT2D eigenvalue weighted by molar-refractivity contribution is 5.87. The van der Waals surface area contributed by atoms with E-state index in [9.17, 15) is 9.59 Å². The summed E-state index contributed by atoms with van der Waals surface area (Å²) in [7, 11) is 0. The Balaban J connectivity index is 0.00000225. The van der Waals surface area contributed by atoms with Gasteiger partial charge in [0.2, 0.25) is 11.8 Å². The number of amides is 2. The monoisotopic (exact) mass is 452 g/mol. The van der Waals surface area contributed by atoms with E-state index in [1.807, 2.05) is 60.7 Å². The standard InChI is InChI=1S/C22H28N4O2.2ClH/c1-22(23,19-10-6-3-7-11-19)21(28)26-14-12-25(13-15-26)17-20(27)24-16-18-8-4-2-5-9-18;;/h2-11H,12-17,23H2,1H3,(H,24,27);2*1H. The van der Waals surface area contributed by atoms with Crippen LogP contribution in [-0.2, 0) is 21.7 Å². The smallest absolute Gasteiger partial charge is 0.247 e. The van der Waals surface area contributed by atoms with Gasteiger partial charge in [-0.25, -0.2) is 0 Å². The Morgan fingerprint density at radius 3 is 2.03 bits per heavy atom. The first-order chi connectivity index (χ1) is 13.5. The zero-order chi connectivity index (χ0) is 20.0. The number of hydrogen-bond donors (Lipinski definition) is 2. The Bertz CT molecular complexity index is 795. The maximum absolute atomic E-state index is 12.9. The number of hydrogen-bond acceptors (Lipinski definition) is 4. The molecule has 1 unspecified atom stereocenters. The summed E-state index contributed by atoms with van der Waals surface area (Å²) in [5.74, 6) is -0.0801. The quantitative estimate of drug-likeness (QED) is 0.703. The topological polar surface area (TPSA) is 78.7 Å². The number of rotatable bonds is 6. The third kappa shape index (κ3) is 6.71. The molecule has 0 bridgehead atoms. The zero-order valence-corrected chi connectivity index (χ0v) is 18.8. The number of nitrogens with one attached hydrogen (secondary N) is 1. The summed E-state index contributed by atoms with van der Waals surface area (Å²) in [5.41, 5.74) is 7.19. The van der Waals surface area contributed by atoms with Crippen LogP contribution >= 0.6 is 24.8 Å². The molecular weight excluding hydrogens is 423 g/mol. The molecule has 2 aromatic carbocycles. The summed E-state index contributed by atoms with van der Waals surface area (Å²) in [6.45, 7) is 5.10. The molecule has 8 heteroatoms. The molecule has 0 aliphatic carbocycles. The van der Waals surface area contributed by atoms with Crippen LogP contribution in [0.3, 0.4) is 0 Å². The summed E-state index contributed by atoms with van der Waals surface area (Å²) in [6.07, 6.45) is 0. The van der Waals surface area contributed by atoms with E-state index in [0.717, 1.165) is 11.1 Å². The van der Waals surface area contributed by atoms with Crippen LogP contribution in [0, 0.1) is 0 Å². The molecule has 0 saturated carbocycles. The van der Waals surface area contributed by atoms with E-state index in [-0.39, 0.29) is 36.6 Å². The molecule has 1 fully saturated rings. The number of benzene rings is 2. The Morgan fingerprint density at radius 2 is 1.47 bits per heavy atom. The van der Waals surface area contributed by atoms with Gasteiger partial charge in [-0.05, 0) is 18.1 Å². The molecule has 3 rings (SSSR count). The third-order valence-corrected chi connectivity index (χ3v) is 5.18. The van der Waals surface area contributed by atoms with E-state index >= 15 is 0 Å². The average molecular weight is 453 g/mol. The van der Waals surface area contributed by atoms with Gasteiger partial charge in [0.05, 0.1) is 6.54 Å². The van der Waals surface area contributed by atoms with Gasteiger partial charge in [0, 0.05) is 32.7 Å². The first-order valence-electron chi connectivity index (χ1n) is 9.63. The molecule has 1 aliphatic rings. The molecule has 6 nitrogen and oxygen atoms in total. The highest BCUT2D eigenvalue weighted by Gasteiger charge is 2.35. The highest BCUT2D eigenvalue weighted by Crippen LogP contribution is 2.21. The highest BCUT2D eigenvalue weighted by atomic mass is 35.5. The van der Waals surface area contributed by atoms with Gasteiger partial charge in [-0.3, -0.25) is 14.5 Å². The van der Waals surface area contributed by atoms with Crippen LogP contribution in [0.25, 0.3) is 0 Å². The van der Waals surface area contributed by atoms with Crippen molar-refractivity contribution in [2.75, 3.05) is 32.7 Å². The fourth-order valence-electron chi connectivity index (χ4n) is 3.40. The van der Waals surface area contributed by atoms with Crippen molar-refractivity contribution in [2.45, 2.75) is 19.0 Å². The predicted molar refractivity (Wildman–Crippen MR) is 124 cm³/mol. The maximum Gasteiger partial charge on any atom is 0.247 e. The summed E-state index contributed by atoms with van der Waals surface area (Å²) >= 11 is 0. The minimum atomic E-state index is -1.05. The summed E-state index contributed by atoms with van der Waals surface area (Å²) < 4.78 is 0. The van der Waals surface area contributed by atoms with Gasteiger partial charge in [-0.2, -0.15) is 0 Å². The van der Waals surface area contributed by atoms with Crippen LogP contribution in [-0.4, -0.2) is 54.3 Å². The van der Waals surface area contributed by atoms with Crippen molar-refractivity contribution in [1.29, 1.82) is 0 Å². The second-order valence-corrected chi connectivity index (χ2v) is 7.40. The van der Waals surface area contributed by atoms with Crippen LogP contribution in [0.15, 0.2) is 60.7 Å². The first-order valence-corrected chi connectivity index (χ1v) is 9.63. The van der Waals surface area contributed by atoms with E-state index in [4.69, 9.17) is 5.73 Å². The van der Waals surface area contributed by atoms with Crippen molar-refractivity contribution in [3.63, 3.8) is 0 Å². The van der Waals surface area contributed by atoms with Crippen LogP contribution in [0.1, 0.15) is 18.1 Å². The van der Waals surface area contributed by atoms with Crippen molar-refractivity contribution in [3.05, 3.63) is 71.8 Å². The number of carbonyl (C=O) groups excluding carboxylic acids is 2. The molecule has 164 valence electrons. The molecule has 2 aromatic rings. The lowest BCUT2D eigenvalue weighted by molar-refractivity contribution is -0.138. The van der Waals surface area contributed by atoms with Gasteiger partial charge in [-0.15, -0.1) is 24.8 Å². The number of halogens is 2. The Kier molecular flexibility index (Phi) is 10.3. The molecule has 1 saturated heterocycles. The van der Waals surface area contributed by atoms with Gasteiger partial charge < -0.3 is 16.0 Å². The molecule has 0 aromatic heterocycles. The SMILES string of the molecule is CC(N)(C(=O)N1CCN(CC(=O)NCc2ccccc2)CC1)c1ccccc1.Cl.Cl. The molecule has 1 aliphatic heterocycles. The van der Waals surface area contributed by atoms with Crippen molar-refractivity contribution >= 4 is 36.6 Å². The van der Waals surface area contributed by atoms with Crippen molar-refractivity contribution in [1.82, 2.24) is 15.1 Å². The predicted octanol–water partition coefficient (Wildman–Crippen LogP) is 2.16. The molecule has 2 amide bonds. The maximum atomic E-state index is 12.9. The largest absolute Gasteiger partial charge is 0.351 e. The van der Waals surface area contributed by atoms with Gasteiger partial charge >= 0.3 is 0 Å². The Morgan fingerprint density at radius 1 is 0.933 bits per heavy atom. The lowest BCUT2D eigenvalue weighted by atomic mass is 9.91. The number of carbonyl (C=O) groups is 2. The van der Waals surface area contributed by atoms with Gasteiger partial charge in [0.25, 0.3) is 0 Å². The van der Waals surface area contributed by atoms with E-state index in [1.54, 1.807) is 11.8 Å². The minimum absolute atomic E-state index is 0. The fourth-order valence-corrected chi connectivity index (χ4v) is 3.40. The molecule has 30 heavy (non-hydrogen) atoms. The molecule has 0 spiro atoms. The summed E-state index contributed by atoms with van der Waals surface area (Å²) in [5, 5.41) is 2.94. The van der Waals surface area contributed by atoms with Crippen molar-refractivity contribution < 1.29 is 9.59 Å². The molecule has 1 heterocycles. The van der Waals surface area contributed by atoms with Crippen molar-refractivity contribution in [2.24, 2.45) is 5.73 Å². The first kappa shape index (κ1) is 25.9. The zero-order valence-electron chi connectivity index (χ0n) is 17.1. The second kappa shape index (κ2) is 11.9. The summed E-state index contributed by atoms with van der Waals surface area (Å²) in [4.78, 5) is 29.0. The number of nitrogens with zero attached hydrogens (tertiary/aromatic N) is 2. The second-order valence-electron chi connectivity index (χ2n) is 7.40. The summed E-state index contributed by atoms with van der Waals surface area (Å²) in [6, 6.07) is 19.3. The van der Waals surface area contributed by atoms with E-state index < -0.39 is 5.54 Å². The Labute approximate surface area is 190 Å². The molecule has 0 radical (unpaired) electrons. The average Bonchev–Trinajstić information content (AvgIpc) is 2.73. The lowest BCUT2D eigenvalue weighted by Crippen LogP contribution is -2.57. The van der Waals surface area contributed by atoms with Crippen molar-refractivity contribution in [3.8, 4) is 0 Å². The van der Waals surface area contributed by atoms with Crippen LogP contribution in [0.2, 0.25) is 0 Å². The third-order valence-electron chi connectivity index (χ3n) is 5.18. The van der Waals surface area contributed by atoms with Crippen LogP contribution in [0.5, 0.6) is 0 Å². The van der Waals surface area contributed by atoms with Gasteiger partial charge in [0.15, 0.2) is 0 Å². The van der Waals surface area contributed by atoms with E-state index in [1.165, 1.54) is 0 Å². The van der Waals surface area contributed by atoms with Gasteiger partial charge in [-0.1, -0.05) is 60.7 Å². The van der Waals surface area contributed by atoms with Crippen LogP contribution in [0.4, 0.5) is 0 Å². The molecule has 1 atom stereocenters. The number of nitrogens with two attached hydrogens (primary N) is 1. The Hall–Kier alpha value is -2.12. The molecular formula is C22H30Cl2N4O2. The normalized spacial score (nSPS) is 15.9. The van der Waals surface area contributed by atoms with Crippen LogP contribution < -0.4 is 11.1 Å². The van der Waals surface area contributed by atoms with E-state index in [0.29, 0.717) is 39.3 Å². The lowest BCUT2D eigenvalue weighted by Gasteiger charge is -2.38. The minimum Gasteiger partial charge on any atom is -0.351 e. The fraction of sp³-hybridized carbons (Fsp3) is 0.364. The van der Waals surface area contributed by atoms with E-state index in [2.05, 4.69) is 10.2 Å². The van der Waals surface area contributed by atoms with Gasteiger partial charge in [0.1, 0.15) is 5.54 Å². The molecule has 3 N–H and O–H groups in total.